The van der Waals surface area contributed by atoms with Crippen molar-refractivity contribution in [3.63, 3.8) is 0 Å². The third kappa shape index (κ3) is 2.12. The van der Waals surface area contributed by atoms with Crippen molar-refractivity contribution in [2.24, 2.45) is 5.92 Å². The third-order valence-corrected chi connectivity index (χ3v) is 2.81. The van der Waals surface area contributed by atoms with E-state index < -0.39 is 0 Å². The van der Waals surface area contributed by atoms with E-state index in [0.717, 1.165) is 5.69 Å². The number of aryl methyl sites for hydroxylation is 1. The highest BCUT2D eigenvalue weighted by Crippen LogP contribution is 2.25. The number of rotatable bonds is 2. The molecule has 1 atom stereocenters. The van der Waals surface area contributed by atoms with Crippen molar-refractivity contribution in [3.8, 4) is 0 Å². The van der Waals surface area contributed by atoms with E-state index in [4.69, 9.17) is 0 Å². The van der Waals surface area contributed by atoms with E-state index in [0.29, 0.717) is 24.8 Å². The molecule has 2 rings (SSSR count). The Hall–Kier alpha value is -1.51. The van der Waals surface area contributed by atoms with E-state index in [1.54, 1.807) is 12.3 Å². The van der Waals surface area contributed by atoms with Gasteiger partial charge >= 0.3 is 0 Å². The Morgan fingerprint density at radius 1 is 1.47 bits per heavy atom. The first-order chi connectivity index (χ1) is 7.16. The topological polar surface area (TPSA) is 47.0 Å². The molecule has 1 unspecified atom stereocenters. The van der Waals surface area contributed by atoms with E-state index in [2.05, 4.69) is 4.98 Å². The van der Waals surface area contributed by atoms with Gasteiger partial charge in [-0.05, 0) is 25.5 Å². The van der Waals surface area contributed by atoms with Crippen LogP contribution in [0.1, 0.15) is 35.3 Å². The van der Waals surface area contributed by atoms with Gasteiger partial charge in [0.1, 0.15) is 5.78 Å². The lowest BCUT2D eigenvalue weighted by Crippen LogP contribution is -2.12. The first kappa shape index (κ1) is 10.0. The van der Waals surface area contributed by atoms with Gasteiger partial charge in [0, 0.05) is 36.2 Å². The van der Waals surface area contributed by atoms with Gasteiger partial charge in [0.15, 0.2) is 5.78 Å². The molecule has 1 saturated carbocycles. The highest BCUT2D eigenvalue weighted by molar-refractivity contribution is 6.01. The number of carbonyl (C=O) groups excluding carboxylic acids is 2. The van der Waals surface area contributed by atoms with E-state index >= 15 is 0 Å². The van der Waals surface area contributed by atoms with Crippen LogP contribution in [0.4, 0.5) is 0 Å². The summed E-state index contributed by atoms with van der Waals surface area (Å²) in [4.78, 5) is 27.1. The van der Waals surface area contributed by atoms with E-state index in [9.17, 15) is 9.59 Å². The molecule has 3 heteroatoms. The maximum absolute atomic E-state index is 11.9. The number of Topliss-reactive ketones (excluding diaryl/α,β-unsaturated/α-hetero) is 2. The van der Waals surface area contributed by atoms with Crippen molar-refractivity contribution in [1.82, 2.24) is 4.98 Å². The normalized spacial score (nSPS) is 20.6. The molecule has 0 aromatic carbocycles. The monoisotopic (exact) mass is 203 g/mol. The molecule has 0 saturated heterocycles. The van der Waals surface area contributed by atoms with Crippen molar-refractivity contribution in [2.75, 3.05) is 0 Å². The standard InChI is InChI=1S/C12H13NO2/c1-8-2-3-10(7-13-8)12(15)9-4-5-11(14)6-9/h2-3,7,9H,4-6H2,1H3. The molecule has 15 heavy (non-hydrogen) atoms. The van der Waals surface area contributed by atoms with Crippen LogP contribution in [0.25, 0.3) is 0 Å². The van der Waals surface area contributed by atoms with Gasteiger partial charge in [0.25, 0.3) is 0 Å². The Morgan fingerprint density at radius 2 is 2.27 bits per heavy atom. The Kier molecular flexibility index (Phi) is 2.62. The maximum atomic E-state index is 11.9. The number of ketones is 2. The molecular weight excluding hydrogens is 190 g/mol. The summed E-state index contributed by atoms with van der Waals surface area (Å²) < 4.78 is 0. The van der Waals surface area contributed by atoms with Gasteiger partial charge in [-0.15, -0.1) is 0 Å². The molecule has 0 spiro atoms. The van der Waals surface area contributed by atoms with Crippen LogP contribution < -0.4 is 0 Å². The minimum absolute atomic E-state index is 0.0633. The van der Waals surface area contributed by atoms with Crippen molar-refractivity contribution < 1.29 is 9.59 Å². The van der Waals surface area contributed by atoms with Gasteiger partial charge in [0.05, 0.1) is 0 Å². The Bertz CT molecular complexity index is 395. The van der Waals surface area contributed by atoms with Crippen LogP contribution in [0.5, 0.6) is 0 Å². The van der Waals surface area contributed by atoms with Crippen LogP contribution in [0.15, 0.2) is 18.3 Å². The average Bonchev–Trinajstić information content (AvgIpc) is 2.65. The number of carbonyl (C=O) groups is 2. The lowest BCUT2D eigenvalue weighted by molar-refractivity contribution is -0.117. The molecule has 0 N–H and O–H groups in total. The van der Waals surface area contributed by atoms with Gasteiger partial charge in [-0.2, -0.15) is 0 Å². The molecule has 1 aromatic rings. The smallest absolute Gasteiger partial charge is 0.167 e. The fourth-order valence-corrected chi connectivity index (χ4v) is 1.89. The highest BCUT2D eigenvalue weighted by Gasteiger charge is 2.28. The summed E-state index contributed by atoms with van der Waals surface area (Å²) in [6.45, 7) is 1.88. The Balaban J connectivity index is 2.14. The predicted octanol–water partition coefficient (Wildman–Crippen LogP) is 1.94. The average molecular weight is 203 g/mol. The van der Waals surface area contributed by atoms with Gasteiger partial charge in [-0.1, -0.05) is 0 Å². The Morgan fingerprint density at radius 3 is 2.80 bits per heavy atom. The minimum Gasteiger partial charge on any atom is -0.300 e. The van der Waals surface area contributed by atoms with E-state index in [1.165, 1.54) is 0 Å². The zero-order valence-electron chi connectivity index (χ0n) is 8.69. The van der Waals surface area contributed by atoms with Gasteiger partial charge in [0.2, 0.25) is 0 Å². The number of nitrogens with zero attached hydrogens (tertiary/aromatic N) is 1. The summed E-state index contributed by atoms with van der Waals surface area (Å²) in [5, 5.41) is 0. The van der Waals surface area contributed by atoms with Crippen LogP contribution in [-0.4, -0.2) is 16.6 Å². The molecule has 78 valence electrons. The fourth-order valence-electron chi connectivity index (χ4n) is 1.89. The highest BCUT2D eigenvalue weighted by atomic mass is 16.1. The number of aromatic nitrogens is 1. The summed E-state index contributed by atoms with van der Waals surface area (Å²) >= 11 is 0. The minimum atomic E-state index is -0.109. The molecule has 0 amide bonds. The first-order valence-corrected chi connectivity index (χ1v) is 5.15. The van der Waals surface area contributed by atoms with Crippen molar-refractivity contribution in [1.29, 1.82) is 0 Å². The summed E-state index contributed by atoms with van der Waals surface area (Å²) in [5.41, 5.74) is 1.52. The van der Waals surface area contributed by atoms with Crippen LogP contribution in [-0.2, 0) is 4.79 Å². The third-order valence-electron chi connectivity index (χ3n) is 2.81. The van der Waals surface area contributed by atoms with Crippen molar-refractivity contribution in [2.45, 2.75) is 26.2 Å². The number of hydrogen-bond donors (Lipinski definition) is 0. The second kappa shape index (κ2) is 3.93. The molecule has 1 aliphatic carbocycles. The molecule has 1 heterocycles. The number of pyridine rings is 1. The molecule has 1 aliphatic rings. The van der Waals surface area contributed by atoms with Gasteiger partial charge in [-0.25, -0.2) is 0 Å². The first-order valence-electron chi connectivity index (χ1n) is 5.15. The van der Waals surface area contributed by atoms with Gasteiger partial charge < -0.3 is 0 Å². The zero-order valence-corrected chi connectivity index (χ0v) is 8.69. The van der Waals surface area contributed by atoms with Crippen molar-refractivity contribution >= 4 is 11.6 Å². The molecule has 0 aliphatic heterocycles. The lowest BCUT2D eigenvalue weighted by atomic mass is 9.97. The van der Waals surface area contributed by atoms with Crippen molar-refractivity contribution in [3.05, 3.63) is 29.6 Å². The lowest BCUT2D eigenvalue weighted by Gasteiger charge is -2.06. The zero-order chi connectivity index (χ0) is 10.8. The molecule has 3 nitrogen and oxygen atoms in total. The van der Waals surface area contributed by atoms with E-state index in [1.807, 2.05) is 13.0 Å². The fraction of sp³-hybridized carbons (Fsp3) is 0.417. The Labute approximate surface area is 88.5 Å². The van der Waals surface area contributed by atoms with Crippen LogP contribution in [0.2, 0.25) is 0 Å². The van der Waals surface area contributed by atoms with E-state index in [-0.39, 0.29) is 17.5 Å². The predicted molar refractivity (Wildman–Crippen MR) is 55.7 cm³/mol. The molecule has 0 radical (unpaired) electrons. The van der Waals surface area contributed by atoms with Crippen LogP contribution >= 0.6 is 0 Å². The molecule has 0 bridgehead atoms. The summed E-state index contributed by atoms with van der Waals surface area (Å²) in [6.07, 6.45) is 3.26. The molecule has 1 aromatic heterocycles. The van der Waals surface area contributed by atoms with Crippen LogP contribution in [0.3, 0.4) is 0 Å². The summed E-state index contributed by atoms with van der Waals surface area (Å²) in [5.74, 6) is 0.156. The summed E-state index contributed by atoms with van der Waals surface area (Å²) in [6, 6.07) is 3.61. The quantitative estimate of drug-likeness (QED) is 0.690. The second-order valence-corrected chi connectivity index (χ2v) is 4.03. The number of hydrogen-bond acceptors (Lipinski definition) is 3. The van der Waals surface area contributed by atoms with Crippen LogP contribution in [0, 0.1) is 12.8 Å². The largest absolute Gasteiger partial charge is 0.300 e. The second-order valence-electron chi connectivity index (χ2n) is 4.03. The van der Waals surface area contributed by atoms with Gasteiger partial charge in [-0.3, -0.25) is 14.6 Å². The molecular formula is C12H13NO2. The summed E-state index contributed by atoms with van der Waals surface area (Å²) in [7, 11) is 0. The maximum Gasteiger partial charge on any atom is 0.167 e. The molecule has 1 fully saturated rings. The SMILES string of the molecule is Cc1ccc(C(=O)C2CCC(=O)C2)cn1.